The van der Waals surface area contributed by atoms with E-state index in [1.807, 2.05) is 19.1 Å². The van der Waals surface area contributed by atoms with Gasteiger partial charge in [-0.05, 0) is 49.8 Å². The molecule has 0 fully saturated rings. The fraction of sp³-hybridized carbons (Fsp3) is 0.200. The Morgan fingerprint density at radius 1 is 1.04 bits per heavy atom. The fourth-order valence-electron chi connectivity index (χ4n) is 2.13. The molecule has 0 heterocycles. The van der Waals surface area contributed by atoms with Crippen molar-refractivity contribution in [3.8, 4) is 5.75 Å². The molecule has 5 heteroatoms. The third kappa shape index (κ3) is 5.21. The molecule has 0 aliphatic rings. The topological polar surface area (TPSA) is 64.6 Å². The molecule has 2 aromatic rings. The number of amides is 1. The molecule has 0 atom stereocenters. The molecule has 130 valence electrons. The summed E-state index contributed by atoms with van der Waals surface area (Å²) in [5.74, 6) is -0.486. The number of aryl methyl sites for hydroxylation is 1. The Morgan fingerprint density at radius 2 is 1.68 bits per heavy atom. The van der Waals surface area contributed by atoms with Crippen molar-refractivity contribution in [2.24, 2.45) is 0 Å². The van der Waals surface area contributed by atoms with Gasteiger partial charge in [0.05, 0.1) is 13.7 Å². The third-order valence-electron chi connectivity index (χ3n) is 3.48. The van der Waals surface area contributed by atoms with Gasteiger partial charge in [0, 0.05) is 5.69 Å². The van der Waals surface area contributed by atoms with Crippen LogP contribution in [0.3, 0.4) is 0 Å². The first kappa shape index (κ1) is 18.3. The number of ether oxygens (including phenoxy) is 2. The molecule has 0 radical (unpaired) electrons. The average Bonchev–Trinajstić information content (AvgIpc) is 2.62. The lowest BCUT2D eigenvalue weighted by atomic mass is 10.1. The largest absolute Gasteiger partial charge is 0.497 e. The Hall–Kier alpha value is -3.08. The van der Waals surface area contributed by atoms with Crippen molar-refractivity contribution in [1.82, 2.24) is 0 Å². The van der Waals surface area contributed by atoms with Gasteiger partial charge in [-0.1, -0.05) is 29.8 Å². The molecule has 0 aliphatic heterocycles. The second-order valence-electron chi connectivity index (χ2n) is 5.37. The average molecular weight is 339 g/mol. The van der Waals surface area contributed by atoms with E-state index < -0.39 is 11.9 Å². The number of methoxy groups -OCH3 is 1. The molecule has 0 saturated heterocycles. The standard InChI is InChI=1S/C20H21NO4/c1-4-25-20(23)18(13-15-7-11-17(24-3)12-8-15)19(22)21-16-9-5-14(2)6-10-16/h5-13H,4H2,1-3H3,(H,21,22). The van der Waals surface area contributed by atoms with Crippen LogP contribution in [0.25, 0.3) is 6.08 Å². The summed E-state index contributed by atoms with van der Waals surface area (Å²) in [5.41, 5.74) is 2.33. The minimum Gasteiger partial charge on any atom is -0.497 e. The minimum atomic E-state index is -0.664. The number of hydrogen-bond acceptors (Lipinski definition) is 4. The molecule has 0 spiro atoms. The number of nitrogens with one attached hydrogen (secondary N) is 1. The normalized spacial score (nSPS) is 10.9. The van der Waals surface area contributed by atoms with E-state index >= 15 is 0 Å². The van der Waals surface area contributed by atoms with Crippen LogP contribution in [0.15, 0.2) is 54.1 Å². The van der Waals surface area contributed by atoms with E-state index in [1.54, 1.807) is 50.4 Å². The summed E-state index contributed by atoms with van der Waals surface area (Å²) in [6.45, 7) is 3.84. The summed E-state index contributed by atoms with van der Waals surface area (Å²) in [4.78, 5) is 24.7. The lowest BCUT2D eigenvalue weighted by Crippen LogP contribution is -2.22. The molecular weight excluding hydrogens is 318 g/mol. The summed E-state index contributed by atoms with van der Waals surface area (Å²) >= 11 is 0. The number of esters is 1. The van der Waals surface area contributed by atoms with Crippen molar-refractivity contribution in [3.63, 3.8) is 0 Å². The van der Waals surface area contributed by atoms with Gasteiger partial charge in [0.2, 0.25) is 0 Å². The zero-order chi connectivity index (χ0) is 18.2. The molecule has 0 saturated carbocycles. The smallest absolute Gasteiger partial charge is 0.343 e. The zero-order valence-electron chi connectivity index (χ0n) is 14.5. The van der Waals surface area contributed by atoms with Crippen molar-refractivity contribution in [3.05, 3.63) is 65.2 Å². The second-order valence-corrected chi connectivity index (χ2v) is 5.37. The van der Waals surface area contributed by atoms with Gasteiger partial charge in [0.1, 0.15) is 11.3 Å². The molecule has 1 amide bonds. The highest BCUT2D eigenvalue weighted by Crippen LogP contribution is 2.16. The summed E-state index contributed by atoms with van der Waals surface area (Å²) in [6.07, 6.45) is 1.50. The van der Waals surface area contributed by atoms with E-state index in [4.69, 9.17) is 9.47 Å². The van der Waals surface area contributed by atoms with Crippen LogP contribution in [0.1, 0.15) is 18.1 Å². The maximum atomic E-state index is 12.5. The lowest BCUT2D eigenvalue weighted by Gasteiger charge is -2.09. The predicted molar refractivity (Wildman–Crippen MR) is 97.4 cm³/mol. The molecule has 25 heavy (non-hydrogen) atoms. The first-order valence-electron chi connectivity index (χ1n) is 7.94. The molecular formula is C20H21NO4. The van der Waals surface area contributed by atoms with Crippen molar-refractivity contribution >= 4 is 23.6 Å². The van der Waals surface area contributed by atoms with E-state index in [1.165, 1.54) is 6.08 Å². The van der Waals surface area contributed by atoms with Gasteiger partial charge >= 0.3 is 5.97 Å². The summed E-state index contributed by atoms with van der Waals surface area (Å²) in [7, 11) is 1.57. The van der Waals surface area contributed by atoms with Crippen LogP contribution >= 0.6 is 0 Å². The van der Waals surface area contributed by atoms with Gasteiger partial charge in [-0.3, -0.25) is 4.79 Å². The van der Waals surface area contributed by atoms with Crippen molar-refractivity contribution < 1.29 is 19.1 Å². The van der Waals surface area contributed by atoms with Crippen molar-refractivity contribution in [1.29, 1.82) is 0 Å². The van der Waals surface area contributed by atoms with E-state index in [-0.39, 0.29) is 12.2 Å². The van der Waals surface area contributed by atoms with Gasteiger partial charge in [-0.25, -0.2) is 4.79 Å². The maximum Gasteiger partial charge on any atom is 0.343 e. The Labute approximate surface area is 147 Å². The van der Waals surface area contributed by atoms with Gasteiger partial charge < -0.3 is 14.8 Å². The third-order valence-corrected chi connectivity index (χ3v) is 3.48. The van der Waals surface area contributed by atoms with Crippen LogP contribution in [-0.2, 0) is 14.3 Å². The molecule has 0 aromatic heterocycles. The van der Waals surface area contributed by atoms with Gasteiger partial charge in [-0.2, -0.15) is 0 Å². The van der Waals surface area contributed by atoms with Crippen LogP contribution in [-0.4, -0.2) is 25.6 Å². The number of carbonyl (C=O) groups is 2. The molecule has 0 bridgehead atoms. The summed E-state index contributed by atoms with van der Waals surface area (Å²) < 4.78 is 10.1. The maximum absolute atomic E-state index is 12.5. The fourth-order valence-corrected chi connectivity index (χ4v) is 2.13. The summed E-state index contributed by atoms with van der Waals surface area (Å²) in [5, 5.41) is 2.72. The first-order valence-corrected chi connectivity index (χ1v) is 7.94. The quantitative estimate of drug-likeness (QED) is 0.378. The Morgan fingerprint density at radius 3 is 2.24 bits per heavy atom. The van der Waals surface area contributed by atoms with Crippen molar-refractivity contribution in [2.45, 2.75) is 13.8 Å². The first-order chi connectivity index (χ1) is 12.0. The van der Waals surface area contributed by atoms with Crippen LogP contribution in [0.4, 0.5) is 5.69 Å². The predicted octanol–water partition coefficient (Wildman–Crippen LogP) is 3.59. The summed E-state index contributed by atoms with van der Waals surface area (Å²) in [6, 6.07) is 14.4. The molecule has 0 unspecified atom stereocenters. The molecule has 0 aliphatic carbocycles. The van der Waals surface area contributed by atoms with Crippen LogP contribution in [0.5, 0.6) is 5.75 Å². The number of benzene rings is 2. The molecule has 2 aromatic carbocycles. The minimum absolute atomic E-state index is 0.0624. The Balaban J connectivity index is 2.27. The highest BCUT2D eigenvalue weighted by molar-refractivity contribution is 6.24. The number of hydrogen-bond donors (Lipinski definition) is 1. The Kier molecular flexibility index (Phi) is 6.34. The zero-order valence-corrected chi connectivity index (χ0v) is 14.5. The van der Waals surface area contributed by atoms with Gasteiger partial charge in [0.15, 0.2) is 0 Å². The SMILES string of the molecule is CCOC(=O)C(=Cc1ccc(OC)cc1)C(=O)Nc1ccc(C)cc1. The lowest BCUT2D eigenvalue weighted by molar-refractivity contribution is -0.139. The number of anilines is 1. The van der Waals surface area contributed by atoms with Gasteiger partial charge in [0.25, 0.3) is 5.91 Å². The van der Waals surface area contributed by atoms with Crippen LogP contribution in [0, 0.1) is 6.92 Å². The van der Waals surface area contributed by atoms with Crippen molar-refractivity contribution in [2.75, 3.05) is 19.0 Å². The van der Waals surface area contributed by atoms with Crippen LogP contribution in [0.2, 0.25) is 0 Å². The molecule has 5 nitrogen and oxygen atoms in total. The molecule has 2 rings (SSSR count). The Bertz CT molecular complexity index is 761. The van der Waals surface area contributed by atoms with E-state index in [9.17, 15) is 9.59 Å². The van der Waals surface area contributed by atoms with Gasteiger partial charge in [-0.15, -0.1) is 0 Å². The van der Waals surface area contributed by atoms with E-state index in [0.29, 0.717) is 17.0 Å². The van der Waals surface area contributed by atoms with E-state index in [0.717, 1.165) is 5.56 Å². The number of rotatable bonds is 6. The van der Waals surface area contributed by atoms with Crippen LogP contribution < -0.4 is 10.1 Å². The van der Waals surface area contributed by atoms with E-state index in [2.05, 4.69) is 5.32 Å². The highest BCUT2D eigenvalue weighted by Gasteiger charge is 2.20. The molecule has 1 N–H and O–H groups in total. The number of carbonyl (C=O) groups excluding carboxylic acids is 2. The monoisotopic (exact) mass is 339 g/mol. The second kappa shape index (κ2) is 8.68. The highest BCUT2D eigenvalue weighted by atomic mass is 16.5.